The van der Waals surface area contributed by atoms with Gasteiger partial charge in [-0.05, 0) is 31.0 Å². The van der Waals surface area contributed by atoms with E-state index in [0.717, 1.165) is 18.5 Å². The molecule has 0 bridgehead atoms. The third-order valence-corrected chi connectivity index (χ3v) is 2.16. The summed E-state index contributed by atoms with van der Waals surface area (Å²) in [6.07, 6.45) is 1.09. The summed E-state index contributed by atoms with van der Waals surface area (Å²) in [7, 11) is 0. The molecule has 0 aliphatic carbocycles. The standard InChI is InChI=1S/C11H16FN/c1-3-9(2)13-8-10-5-4-6-11(12)7-10/h4-7,9,13H,3,8H2,1-2H3/t9-/m1/s1. The Morgan fingerprint density at radius 1 is 1.46 bits per heavy atom. The van der Waals surface area contributed by atoms with Crippen LogP contribution in [-0.2, 0) is 6.54 Å². The van der Waals surface area contributed by atoms with Gasteiger partial charge in [0.2, 0.25) is 0 Å². The minimum absolute atomic E-state index is 0.163. The molecule has 0 amide bonds. The highest BCUT2D eigenvalue weighted by Crippen LogP contribution is 2.03. The third-order valence-electron chi connectivity index (χ3n) is 2.16. The fourth-order valence-electron chi connectivity index (χ4n) is 1.08. The molecule has 72 valence electrons. The van der Waals surface area contributed by atoms with Crippen LogP contribution < -0.4 is 5.32 Å². The van der Waals surface area contributed by atoms with Crippen LogP contribution in [0.3, 0.4) is 0 Å². The van der Waals surface area contributed by atoms with E-state index >= 15 is 0 Å². The van der Waals surface area contributed by atoms with Gasteiger partial charge in [-0.3, -0.25) is 0 Å². The number of benzene rings is 1. The Kier molecular flexibility index (Phi) is 3.90. The average Bonchev–Trinajstić information content (AvgIpc) is 2.14. The van der Waals surface area contributed by atoms with Crippen molar-refractivity contribution in [3.05, 3.63) is 35.6 Å². The Morgan fingerprint density at radius 2 is 2.23 bits per heavy atom. The first-order chi connectivity index (χ1) is 6.22. The molecule has 1 aromatic rings. The Morgan fingerprint density at radius 3 is 2.85 bits per heavy atom. The fourth-order valence-corrected chi connectivity index (χ4v) is 1.08. The van der Waals surface area contributed by atoms with Crippen molar-refractivity contribution in [3.8, 4) is 0 Å². The molecule has 0 radical (unpaired) electrons. The van der Waals surface area contributed by atoms with Crippen molar-refractivity contribution >= 4 is 0 Å². The molecule has 1 rings (SSSR count). The number of rotatable bonds is 4. The summed E-state index contributed by atoms with van der Waals surface area (Å²) in [5.41, 5.74) is 1.00. The highest BCUT2D eigenvalue weighted by molar-refractivity contribution is 5.15. The van der Waals surface area contributed by atoms with E-state index in [-0.39, 0.29) is 5.82 Å². The summed E-state index contributed by atoms with van der Waals surface area (Å²) in [6, 6.07) is 7.19. The van der Waals surface area contributed by atoms with Gasteiger partial charge in [0.15, 0.2) is 0 Å². The second-order valence-electron chi connectivity index (χ2n) is 3.32. The number of nitrogens with one attached hydrogen (secondary N) is 1. The first-order valence-electron chi connectivity index (χ1n) is 4.70. The molecule has 0 aliphatic rings. The summed E-state index contributed by atoms with van der Waals surface area (Å²) >= 11 is 0. The molecule has 0 unspecified atom stereocenters. The predicted octanol–water partition coefficient (Wildman–Crippen LogP) is 2.71. The maximum absolute atomic E-state index is 12.7. The van der Waals surface area contributed by atoms with Crippen LogP contribution in [-0.4, -0.2) is 6.04 Å². The molecular weight excluding hydrogens is 165 g/mol. The minimum Gasteiger partial charge on any atom is -0.310 e. The normalized spacial score (nSPS) is 12.8. The van der Waals surface area contributed by atoms with Gasteiger partial charge >= 0.3 is 0 Å². The lowest BCUT2D eigenvalue weighted by Gasteiger charge is -2.10. The van der Waals surface area contributed by atoms with E-state index in [1.54, 1.807) is 12.1 Å². The van der Waals surface area contributed by atoms with Crippen molar-refractivity contribution in [2.45, 2.75) is 32.9 Å². The van der Waals surface area contributed by atoms with E-state index in [1.165, 1.54) is 6.07 Å². The molecule has 0 saturated heterocycles. The zero-order chi connectivity index (χ0) is 9.68. The molecule has 1 nitrogen and oxygen atoms in total. The van der Waals surface area contributed by atoms with Crippen LogP contribution in [0.5, 0.6) is 0 Å². The van der Waals surface area contributed by atoms with Gasteiger partial charge in [-0.2, -0.15) is 0 Å². The Labute approximate surface area is 79.0 Å². The number of hydrogen-bond acceptors (Lipinski definition) is 1. The highest BCUT2D eigenvalue weighted by atomic mass is 19.1. The van der Waals surface area contributed by atoms with Crippen molar-refractivity contribution in [2.75, 3.05) is 0 Å². The van der Waals surface area contributed by atoms with Gasteiger partial charge in [-0.15, -0.1) is 0 Å². The number of hydrogen-bond donors (Lipinski definition) is 1. The van der Waals surface area contributed by atoms with Gasteiger partial charge in [0.25, 0.3) is 0 Å². The summed E-state index contributed by atoms with van der Waals surface area (Å²) in [4.78, 5) is 0. The van der Waals surface area contributed by atoms with Gasteiger partial charge in [0, 0.05) is 12.6 Å². The quantitative estimate of drug-likeness (QED) is 0.753. The summed E-state index contributed by atoms with van der Waals surface area (Å²) in [5, 5.41) is 3.31. The molecule has 0 aliphatic heterocycles. The van der Waals surface area contributed by atoms with Gasteiger partial charge in [0.05, 0.1) is 0 Å². The molecular formula is C11H16FN. The van der Waals surface area contributed by atoms with E-state index in [1.807, 2.05) is 6.07 Å². The largest absolute Gasteiger partial charge is 0.310 e. The van der Waals surface area contributed by atoms with Crippen LogP contribution in [0.1, 0.15) is 25.8 Å². The van der Waals surface area contributed by atoms with Crippen LogP contribution >= 0.6 is 0 Å². The van der Waals surface area contributed by atoms with Crippen molar-refractivity contribution < 1.29 is 4.39 Å². The first kappa shape index (κ1) is 10.2. The summed E-state index contributed by atoms with van der Waals surface area (Å²) in [6.45, 7) is 5.00. The zero-order valence-corrected chi connectivity index (χ0v) is 8.18. The van der Waals surface area contributed by atoms with Crippen LogP contribution in [0, 0.1) is 5.82 Å². The smallest absolute Gasteiger partial charge is 0.123 e. The van der Waals surface area contributed by atoms with Gasteiger partial charge in [-0.25, -0.2) is 4.39 Å². The van der Waals surface area contributed by atoms with Crippen LogP contribution in [0.25, 0.3) is 0 Å². The van der Waals surface area contributed by atoms with Crippen LogP contribution in [0.4, 0.5) is 4.39 Å². The third kappa shape index (κ3) is 3.55. The molecule has 1 aromatic carbocycles. The lowest BCUT2D eigenvalue weighted by atomic mass is 10.2. The Hall–Kier alpha value is -0.890. The Bertz CT molecular complexity index is 260. The molecule has 0 fully saturated rings. The minimum atomic E-state index is -0.163. The van der Waals surface area contributed by atoms with Crippen molar-refractivity contribution in [2.24, 2.45) is 0 Å². The first-order valence-corrected chi connectivity index (χ1v) is 4.70. The molecule has 0 heterocycles. The van der Waals surface area contributed by atoms with E-state index in [0.29, 0.717) is 6.04 Å². The summed E-state index contributed by atoms with van der Waals surface area (Å²) < 4.78 is 12.7. The molecule has 13 heavy (non-hydrogen) atoms. The SMILES string of the molecule is CC[C@@H](C)NCc1cccc(F)c1. The van der Waals surface area contributed by atoms with Crippen molar-refractivity contribution in [1.29, 1.82) is 0 Å². The second kappa shape index (κ2) is 4.97. The fraction of sp³-hybridized carbons (Fsp3) is 0.455. The monoisotopic (exact) mass is 181 g/mol. The Balaban J connectivity index is 2.45. The molecule has 0 spiro atoms. The molecule has 1 atom stereocenters. The predicted molar refractivity (Wildman–Crippen MR) is 53.0 cm³/mol. The number of halogens is 1. The van der Waals surface area contributed by atoms with Gasteiger partial charge in [-0.1, -0.05) is 19.1 Å². The van der Waals surface area contributed by atoms with E-state index in [2.05, 4.69) is 19.2 Å². The maximum Gasteiger partial charge on any atom is 0.123 e. The van der Waals surface area contributed by atoms with E-state index in [9.17, 15) is 4.39 Å². The van der Waals surface area contributed by atoms with Crippen molar-refractivity contribution in [3.63, 3.8) is 0 Å². The van der Waals surface area contributed by atoms with Crippen LogP contribution in [0.15, 0.2) is 24.3 Å². The highest BCUT2D eigenvalue weighted by Gasteiger charge is 1.98. The lowest BCUT2D eigenvalue weighted by molar-refractivity contribution is 0.532. The van der Waals surface area contributed by atoms with Crippen LogP contribution in [0.2, 0.25) is 0 Å². The molecule has 0 aromatic heterocycles. The molecule has 1 N–H and O–H groups in total. The maximum atomic E-state index is 12.7. The topological polar surface area (TPSA) is 12.0 Å². The van der Waals surface area contributed by atoms with Crippen molar-refractivity contribution in [1.82, 2.24) is 5.32 Å². The van der Waals surface area contributed by atoms with Gasteiger partial charge < -0.3 is 5.32 Å². The second-order valence-corrected chi connectivity index (χ2v) is 3.32. The van der Waals surface area contributed by atoms with E-state index in [4.69, 9.17) is 0 Å². The van der Waals surface area contributed by atoms with Gasteiger partial charge in [0.1, 0.15) is 5.82 Å². The molecule has 2 heteroatoms. The summed E-state index contributed by atoms with van der Waals surface area (Å²) in [5.74, 6) is -0.163. The average molecular weight is 181 g/mol. The van der Waals surface area contributed by atoms with E-state index < -0.39 is 0 Å². The lowest BCUT2D eigenvalue weighted by Crippen LogP contribution is -2.24. The molecule has 0 saturated carbocycles. The zero-order valence-electron chi connectivity index (χ0n) is 8.18.